The molecule has 6 heteroatoms. The Hall–Kier alpha value is -1.10. The third kappa shape index (κ3) is 1.91. The highest BCUT2D eigenvalue weighted by Gasteiger charge is 2.04. The number of carbonyl (C=O) groups is 1. The smallest absolute Gasteiger partial charge is 0.270 e. The van der Waals surface area contributed by atoms with Crippen molar-refractivity contribution in [2.45, 2.75) is 6.54 Å². The van der Waals surface area contributed by atoms with Crippen molar-refractivity contribution < 1.29 is 4.79 Å². The number of nitrogens with two attached hydrogens (primary N) is 1. The molecule has 0 fully saturated rings. The Morgan fingerprint density at radius 2 is 2.55 bits per heavy atom. The van der Waals surface area contributed by atoms with Gasteiger partial charge in [0, 0.05) is 5.88 Å². The molecule has 0 bridgehead atoms. The van der Waals surface area contributed by atoms with Crippen LogP contribution in [-0.4, -0.2) is 26.8 Å². The van der Waals surface area contributed by atoms with Crippen molar-refractivity contribution in [3.05, 3.63) is 11.9 Å². The molecule has 0 saturated carbocycles. The second kappa shape index (κ2) is 3.34. The average molecular weight is 175 g/mol. The fourth-order valence-electron chi connectivity index (χ4n) is 0.607. The molecule has 1 aromatic heterocycles. The number of amides is 1. The van der Waals surface area contributed by atoms with Gasteiger partial charge in [0.15, 0.2) is 5.69 Å². The number of rotatable bonds is 3. The minimum atomic E-state index is -0.578. The van der Waals surface area contributed by atoms with E-state index in [9.17, 15) is 4.79 Å². The molecule has 11 heavy (non-hydrogen) atoms. The van der Waals surface area contributed by atoms with Gasteiger partial charge in [0.2, 0.25) is 0 Å². The Labute approximate surface area is 68.1 Å². The summed E-state index contributed by atoms with van der Waals surface area (Å²) >= 11 is 5.42. The van der Waals surface area contributed by atoms with Crippen molar-refractivity contribution in [1.82, 2.24) is 15.0 Å². The van der Waals surface area contributed by atoms with Crippen LogP contribution in [0.3, 0.4) is 0 Å². The summed E-state index contributed by atoms with van der Waals surface area (Å²) in [6, 6.07) is 0. The van der Waals surface area contributed by atoms with Gasteiger partial charge >= 0.3 is 0 Å². The first-order valence-electron chi connectivity index (χ1n) is 3.00. The molecule has 0 saturated heterocycles. The molecule has 0 spiro atoms. The van der Waals surface area contributed by atoms with Crippen molar-refractivity contribution in [3.8, 4) is 0 Å². The first kappa shape index (κ1) is 8.00. The normalized spacial score (nSPS) is 9.91. The van der Waals surface area contributed by atoms with Gasteiger partial charge < -0.3 is 5.73 Å². The average Bonchev–Trinajstić information content (AvgIpc) is 2.37. The summed E-state index contributed by atoms with van der Waals surface area (Å²) in [6.45, 7) is 0.530. The highest BCUT2D eigenvalue weighted by atomic mass is 35.5. The van der Waals surface area contributed by atoms with Gasteiger partial charge in [-0.05, 0) is 0 Å². The molecule has 1 heterocycles. The second-order valence-electron chi connectivity index (χ2n) is 1.92. The lowest BCUT2D eigenvalue weighted by Crippen LogP contribution is -2.11. The molecule has 0 aliphatic heterocycles. The Bertz CT molecular complexity index is 259. The van der Waals surface area contributed by atoms with Crippen LogP contribution in [-0.2, 0) is 6.54 Å². The van der Waals surface area contributed by atoms with Crippen molar-refractivity contribution in [2.24, 2.45) is 5.73 Å². The van der Waals surface area contributed by atoms with E-state index in [1.807, 2.05) is 0 Å². The number of carbonyl (C=O) groups excluding carboxylic acids is 1. The van der Waals surface area contributed by atoms with E-state index in [1.54, 1.807) is 0 Å². The molecule has 1 aromatic rings. The van der Waals surface area contributed by atoms with Crippen LogP contribution in [0.4, 0.5) is 0 Å². The topological polar surface area (TPSA) is 73.8 Å². The number of hydrogen-bond acceptors (Lipinski definition) is 3. The van der Waals surface area contributed by atoms with Crippen molar-refractivity contribution in [3.63, 3.8) is 0 Å². The molecule has 1 amide bonds. The van der Waals surface area contributed by atoms with Gasteiger partial charge in [-0.25, -0.2) is 0 Å². The number of alkyl halides is 1. The van der Waals surface area contributed by atoms with Gasteiger partial charge in [-0.2, -0.15) is 0 Å². The Balaban J connectivity index is 2.73. The number of aryl methyl sites for hydroxylation is 1. The number of hydrogen-bond donors (Lipinski definition) is 1. The fraction of sp³-hybridized carbons (Fsp3) is 0.400. The highest BCUT2D eigenvalue weighted by Crippen LogP contribution is 1.91. The van der Waals surface area contributed by atoms with Crippen molar-refractivity contribution in [2.75, 3.05) is 5.88 Å². The summed E-state index contributed by atoms with van der Waals surface area (Å²) in [6.07, 6.45) is 1.46. The maximum Gasteiger partial charge on any atom is 0.270 e. The third-order valence-corrected chi connectivity index (χ3v) is 1.27. The molecule has 0 aliphatic carbocycles. The molecule has 0 unspecified atom stereocenters. The number of nitrogens with zero attached hydrogens (tertiary/aromatic N) is 3. The predicted octanol–water partition coefficient (Wildman–Crippen LogP) is -0.384. The van der Waals surface area contributed by atoms with Gasteiger partial charge in [0.25, 0.3) is 5.91 Å². The number of aromatic nitrogens is 3. The van der Waals surface area contributed by atoms with Crippen molar-refractivity contribution in [1.29, 1.82) is 0 Å². The lowest BCUT2D eigenvalue weighted by Gasteiger charge is -1.90. The van der Waals surface area contributed by atoms with Crippen LogP contribution in [0.2, 0.25) is 0 Å². The van der Waals surface area contributed by atoms with E-state index < -0.39 is 5.91 Å². The maximum absolute atomic E-state index is 10.5. The summed E-state index contributed by atoms with van der Waals surface area (Å²) in [5.74, 6) is -0.146. The molecule has 2 N–H and O–H groups in total. The summed E-state index contributed by atoms with van der Waals surface area (Å²) < 4.78 is 1.47. The van der Waals surface area contributed by atoms with Crippen LogP contribution in [0.5, 0.6) is 0 Å². The zero-order valence-electron chi connectivity index (χ0n) is 5.70. The van der Waals surface area contributed by atoms with Crippen LogP contribution >= 0.6 is 11.6 Å². The number of primary amides is 1. The van der Waals surface area contributed by atoms with E-state index in [-0.39, 0.29) is 5.69 Å². The van der Waals surface area contributed by atoms with Gasteiger partial charge in [-0.3, -0.25) is 9.48 Å². The maximum atomic E-state index is 10.5. The second-order valence-corrected chi connectivity index (χ2v) is 2.30. The molecular weight excluding hydrogens is 168 g/mol. The molecule has 5 nitrogen and oxygen atoms in total. The zero-order chi connectivity index (χ0) is 8.27. The Morgan fingerprint density at radius 3 is 3.00 bits per heavy atom. The number of halogens is 1. The van der Waals surface area contributed by atoms with Gasteiger partial charge in [-0.1, -0.05) is 5.21 Å². The largest absolute Gasteiger partial charge is 0.364 e. The molecule has 1 rings (SSSR count). The van der Waals surface area contributed by atoms with E-state index in [0.29, 0.717) is 12.4 Å². The van der Waals surface area contributed by atoms with E-state index in [1.165, 1.54) is 10.9 Å². The molecule has 0 aromatic carbocycles. The summed E-state index contributed by atoms with van der Waals surface area (Å²) in [5, 5.41) is 7.12. The third-order valence-electron chi connectivity index (χ3n) is 1.10. The zero-order valence-corrected chi connectivity index (χ0v) is 6.45. The summed E-state index contributed by atoms with van der Waals surface area (Å²) in [7, 11) is 0. The lowest BCUT2D eigenvalue weighted by atomic mass is 10.5. The standard InChI is InChI=1S/C5H7ClN4O/c6-1-2-10-3-4(5(7)11)8-9-10/h3H,1-2H2,(H2,7,11). The summed E-state index contributed by atoms with van der Waals surface area (Å²) in [5.41, 5.74) is 5.10. The quantitative estimate of drug-likeness (QED) is 0.635. The van der Waals surface area contributed by atoms with Crippen LogP contribution in [0.25, 0.3) is 0 Å². The van der Waals surface area contributed by atoms with E-state index in [2.05, 4.69) is 10.3 Å². The summed E-state index contributed by atoms with van der Waals surface area (Å²) in [4.78, 5) is 10.5. The Kier molecular flexibility index (Phi) is 2.43. The van der Waals surface area contributed by atoms with Gasteiger partial charge in [0.1, 0.15) is 0 Å². The lowest BCUT2D eigenvalue weighted by molar-refractivity contribution is 0.0995. The van der Waals surface area contributed by atoms with E-state index in [0.717, 1.165) is 0 Å². The SMILES string of the molecule is NC(=O)c1cn(CCCl)nn1. The van der Waals surface area contributed by atoms with Gasteiger partial charge in [-0.15, -0.1) is 16.7 Å². The van der Waals surface area contributed by atoms with E-state index >= 15 is 0 Å². The van der Waals surface area contributed by atoms with Crippen LogP contribution < -0.4 is 5.73 Å². The predicted molar refractivity (Wildman–Crippen MR) is 39.3 cm³/mol. The fourth-order valence-corrected chi connectivity index (χ4v) is 0.780. The highest BCUT2D eigenvalue weighted by molar-refractivity contribution is 6.17. The molecule has 0 radical (unpaired) electrons. The molecule has 0 atom stereocenters. The molecular formula is C5H7ClN4O. The van der Waals surface area contributed by atoms with E-state index in [4.69, 9.17) is 17.3 Å². The van der Waals surface area contributed by atoms with Crippen molar-refractivity contribution >= 4 is 17.5 Å². The van der Waals surface area contributed by atoms with Crippen LogP contribution in [0.1, 0.15) is 10.5 Å². The minimum Gasteiger partial charge on any atom is -0.364 e. The van der Waals surface area contributed by atoms with Crippen LogP contribution in [0.15, 0.2) is 6.20 Å². The first-order chi connectivity index (χ1) is 5.24. The first-order valence-corrected chi connectivity index (χ1v) is 3.53. The minimum absolute atomic E-state index is 0.162. The monoisotopic (exact) mass is 174 g/mol. The van der Waals surface area contributed by atoms with Crippen LogP contribution in [0, 0.1) is 0 Å². The molecule has 0 aliphatic rings. The molecule has 60 valence electrons. The van der Waals surface area contributed by atoms with Gasteiger partial charge in [0.05, 0.1) is 12.7 Å². The Morgan fingerprint density at radius 1 is 1.82 bits per heavy atom.